The van der Waals surface area contributed by atoms with E-state index in [1.165, 1.54) is 0 Å². The van der Waals surface area contributed by atoms with Gasteiger partial charge in [0, 0.05) is 27.8 Å². The topological polar surface area (TPSA) is 26.3 Å². The highest BCUT2D eigenvalue weighted by atomic mass is 35.5. The first-order chi connectivity index (χ1) is 11.1. The lowest BCUT2D eigenvalue weighted by atomic mass is 9.97. The summed E-state index contributed by atoms with van der Waals surface area (Å²) in [6, 6.07) is 22.7. The summed E-state index contributed by atoms with van der Waals surface area (Å²) in [7, 11) is 0. The van der Waals surface area contributed by atoms with Crippen molar-refractivity contribution < 1.29 is 9.53 Å². The van der Waals surface area contributed by atoms with Crippen LogP contribution in [0.5, 0.6) is 5.75 Å². The molecule has 114 valence electrons. The van der Waals surface area contributed by atoms with Crippen LogP contribution in [0.3, 0.4) is 0 Å². The van der Waals surface area contributed by atoms with Gasteiger partial charge in [-0.1, -0.05) is 72.3 Å². The highest BCUT2D eigenvalue weighted by Crippen LogP contribution is 2.41. The third-order valence-corrected chi connectivity index (χ3v) is 3.70. The Morgan fingerprint density at radius 2 is 1.22 bits per heavy atom. The standard InChI is InChI=1S/C19H12Cl2O2/c20-15-11-16(13-7-3-1-4-8-13)18(23-19(21)22)17(12-15)14-9-5-2-6-10-14/h1-12H. The Hall–Kier alpha value is -2.29. The van der Waals surface area contributed by atoms with Gasteiger partial charge in [0.2, 0.25) is 0 Å². The fraction of sp³-hybridized carbons (Fsp3) is 0. The number of carbonyl (C=O) groups is 1. The number of ether oxygens (including phenoxy) is 1. The van der Waals surface area contributed by atoms with Gasteiger partial charge in [0.15, 0.2) is 0 Å². The average molecular weight is 343 g/mol. The molecule has 3 aromatic rings. The summed E-state index contributed by atoms with van der Waals surface area (Å²) >= 11 is 11.8. The minimum atomic E-state index is -0.887. The summed E-state index contributed by atoms with van der Waals surface area (Å²) in [6.07, 6.45) is 0. The van der Waals surface area contributed by atoms with E-state index in [1.807, 2.05) is 60.7 Å². The molecule has 2 nitrogen and oxygen atoms in total. The van der Waals surface area contributed by atoms with Crippen molar-refractivity contribution in [2.75, 3.05) is 0 Å². The van der Waals surface area contributed by atoms with Gasteiger partial charge in [-0.15, -0.1) is 0 Å². The Labute approximate surface area is 144 Å². The zero-order valence-corrected chi connectivity index (χ0v) is 13.5. The normalized spacial score (nSPS) is 10.3. The maximum atomic E-state index is 11.4. The van der Waals surface area contributed by atoms with Crippen molar-refractivity contribution >= 4 is 28.6 Å². The van der Waals surface area contributed by atoms with E-state index >= 15 is 0 Å². The zero-order valence-electron chi connectivity index (χ0n) is 12.0. The summed E-state index contributed by atoms with van der Waals surface area (Å²) in [5.41, 5.74) is 2.32. The minimum Gasteiger partial charge on any atom is -0.413 e. The summed E-state index contributed by atoms with van der Waals surface area (Å²) < 4.78 is 5.31. The van der Waals surface area contributed by atoms with Crippen LogP contribution < -0.4 is 4.74 Å². The Morgan fingerprint density at radius 3 is 1.61 bits per heavy atom. The molecule has 0 spiro atoms. The molecule has 0 bridgehead atoms. The maximum absolute atomic E-state index is 11.4. The van der Waals surface area contributed by atoms with Gasteiger partial charge in [-0.2, -0.15) is 0 Å². The molecule has 4 heteroatoms. The first-order valence-corrected chi connectivity index (χ1v) is 7.72. The van der Waals surface area contributed by atoms with Gasteiger partial charge >= 0.3 is 5.43 Å². The van der Waals surface area contributed by atoms with Crippen LogP contribution in [-0.4, -0.2) is 5.43 Å². The van der Waals surface area contributed by atoms with Gasteiger partial charge in [-0.25, -0.2) is 4.79 Å². The van der Waals surface area contributed by atoms with Crippen LogP contribution in [0, 0.1) is 0 Å². The lowest BCUT2D eigenvalue weighted by Gasteiger charge is -2.15. The molecule has 0 saturated heterocycles. The van der Waals surface area contributed by atoms with Crippen molar-refractivity contribution in [3.05, 3.63) is 77.8 Å². The predicted octanol–water partition coefficient (Wildman–Crippen LogP) is 6.41. The highest BCUT2D eigenvalue weighted by Gasteiger charge is 2.17. The molecular weight excluding hydrogens is 331 g/mol. The van der Waals surface area contributed by atoms with Crippen molar-refractivity contribution in [2.24, 2.45) is 0 Å². The molecule has 0 radical (unpaired) electrons. The Morgan fingerprint density at radius 1 is 0.783 bits per heavy atom. The fourth-order valence-corrected chi connectivity index (χ4v) is 2.74. The number of benzene rings is 3. The van der Waals surface area contributed by atoms with Crippen LogP contribution in [0.25, 0.3) is 22.3 Å². The summed E-state index contributed by atoms with van der Waals surface area (Å²) in [6.45, 7) is 0. The van der Waals surface area contributed by atoms with E-state index in [1.54, 1.807) is 12.1 Å². The third-order valence-electron chi connectivity index (χ3n) is 3.41. The molecule has 3 aromatic carbocycles. The third kappa shape index (κ3) is 3.55. The summed E-state index contributed by atoms with van der Waals surface area (Å²) in [4.78, 5) is 11.4. The molecule has 0 aromatic heterocycles. The molecular formula is C19H12Cl2O2. The molecule has 3 rings (SSSR count). The first-order valence-electron chi connectivity index (χ1n) is 6.97. The molecule has 0 saturated carbocycles. The lowest BCUT2D eigenvalue weighted by molar-refractivity contribution is 0.226. The maximum Gasteiger partial charge on any atom is 0.409 e. The minimum absolute atomic E-state index is 0.395. The van der Waals surface area contributed by atoms with Crippen molar-refractivity contribution in [1.82, 2.24) is 0 Å². The van der Waals surface area contributed by atoms with Gasteiger partial charge < -0.3 is 4.74 Å². The van der Waals surface area contributed by atoms with Crippen molar-refractivity contribution in [3.8, 4) is 28.0 Å². The van der Waals surface area contributed by atoms with Crippen LogP contribution in [0.1, 0.15) is 0 Å². The van der Waals surface area contributed by atoms with E-state index in [9.17, 15) is 4.79 Å². The molecule has 0 aliphatic heterocycles. The Bertz CT molecular complexity index is 770. The lowest BCUT2D eigenvalue weighted by Crippen LogP contribution is -2.00. The highest BCUT2D eigenvalue weighted by molar-refractivity contribution is 6.61. The smallest absolute Gasteiger partial charge is 0.409 e. The fourth-order valence-electron chi connectivity index (χ4n) is 2.45. The van der Waals surface area contributed by atoms with Gasteiger partial charge in [-0.05, 0) is 23.3 Å². The average Bonchev–Trinajstić information content (AvgIpc) is 2.57. The molecule has 0 aliphatic carbocycles. The van der Waals surface area contributed by atoms with E-state index in [2.05, 4.69) is 0 Å². The number of carbonyl (C=O) groups excluding carboxylic acids is 1. The quantitative estimate of drug-likeness (QED) is 0.514. The second-order valence-electron chi connectivity index (χ2n) is 4.90. The second kappa shape index (κ2) is 6.86. The van der Waals surface area contributed by atoms with E-state index < -0.39 is 5.43 Å². The molecule has 0 aliphatic rings. The number of hydrogen-bond donors (Lipinski definition) is 0. The van der Waals surface area contributed by atoms with Crippen LogP contribution >= 0.6 is 23.2 Å². The Kier molecular flexibility index (Phi) is 4.65. The molecule has 0 atom stereocenters. The van der Waals surface area contributed by atoms with Crippen molar-refractivity contribution in [3.63, 3.8) is 0 Å². The van der Waals surface area contributed by atoms with E-state index in [0.717, 1.165) is 11.1 Å². The van der Waals surface area contributed by atoms with Crippen LogP contribution in [-0.2, 0) is 0 Å². The molecule has 0 N–H and O–H groups in total. The second-order valence-corrected chi connectivity index (χ2v) is 5.65. The van der Waals surface area contributed by atoms with Gasteiger partial charge in [0.25, 0.3) is 0 Å². The SMILES string of the molecule is O=C(Cl)Oc1c(-c2ccccc2)cc(Cl)cc1-c1ccccc1. The van der Waals surface area contributed by atoms with Crippen LogP contribution in [0.4, 0.5) is 4.79 Å². The predicted molar refractivity (Wildman–Crippen MR) is 94.2 cm³/mol. The summed E-state index contributed by atoms with van der Waals surface area (Å²) in [5.74, 6) is 0.395. The first kappa shape index (κ1) is 15.6. The molecule has 0 fully saturated rings. The number of rotatable bonds is 3. The molecule has 0 heterocycles. The van der Waals surface area contributed by atoms with Crippen LogP contribution in [0.2, 0.25) is 5.02 Å². The Balaban J connectivity index is 2.27. The molecule has 0 unspecified atom stereocenters. The molecule has 0 amide bonds. The van der Waals surface area contributed by atoms with E-state index in [4.69, 9.17) is 27.9 Å². The van der Waals surface area contributed by atoms with Gasteiger partial charge in [-0.3, -0.25) is 0 Å². The van der Waals surface area contributed by atoms with Crippen molar-refractivity contribution in [1.29, 1.82) is 0 Å². The van der Waals surface area contributed by atoms with Gasteiger partial charge in [0.1, 0.15) is 5.75 Å². The number of hydrogen-bond acceptors (Lipinski definition) is 2. The molecule has 23 heavy (non-hydrogen) atoms. The summed E-state index contributed by atoms with van der Waals surface area (Å²) in [5, 5.41) is 0.553. The van der Waals surface area contributed by atoms with Gasteiger partial charge in [0.05, 0.1) is 0 Å². The largest absolute Gasteiger partial charge is 0.413 e. The monoisotopic (exact) mass is 342 g/mol. The van der Waals surface area contributed by atoms with E-state index in [-0.39, 0.29) is 0 Å². The van der Waals surface area contributed by atoms with Crippen LogP contribution in [0.15, 0.2) is 72.8 Å². The zero-order chi connectivity index (χ0) is 16.2. The van der Waals surface area contributed by atoms with E-state index in [0.29, 0.717) is 21.9 Å². The number of halogens is 2. The van der Waals surface area contributed by atoms with Crippen molar-refractivity contribution in [2.45, 2.75) is 0 Å².